The molecule has 13 heavy (non-hydrogen) atoms. The molecule has 5 heteroatoms. The van der Waals surface area contributed by atoms with E-state index in [0.717, 1.165) is 6.42 Å². The van der Waals surface area contributed by atoms with Gasteiger partial charge in [0, 0.05) is 20.6 Å². The van der Waals surface area contributed by atoms with Crippen LogP contribution in [0.1, 0.15) is 19.8 Å². The lowest BCUT2D eigenvalue weighted by atomic mass is 10.1. The lowest BCUT2D eigenvalue weighted by Gasteiger charge is -2.29. The molecule has 0 unspecified atom stereocenters. The monoisotopic (exact) mass is 191 g/mol. The van der Waals surface area contributed by atoms with E-state index in [1.807, 2.05) is 6.92 Å². The number of carbonyl (C=O) groups excluding carboxylic acids is 1. The molecule has 0 saturated carbocycles. The molecule has 0 spiro atoms. The number of hydrogen-bond acceptors (Lipinski definition) is 4. The summed E-state index contributed by atoms with van der Waals surface area (Å²) in [5, 5.41) is 0. The Kier molecular flexibility index (Phi) is 5.41. The summed E-state index contributed by atoms with van der Waals surface area (Å²) < 4.78 is 14.9. The molecule has 0 bridgehead atoms. The lowest BCUT2D eigenvalue weighted by molar-refractivity contribution is -0.229. The van der Waals surface area contributed by atoms with Crippen molar-refractivity contribution in [2.24, 2.45) is 5.73 Å². The van der Waals surface area contributed by atoms with E-state index in [-0.39, 0.29) is 6.61 Å². The van der Waals surface area contributed by atoms with Gasteiger partial charge >= 0.3 is 6.09 Å². The number of primary amides is 1. The van der Waals surface area contributed by atoms with Gasteiger partial charge in [0.1, 0.15) is 6.61 Å². The lowest BCUT2D eigenvalue weighted by Crippen LogP contribution is -2.40. The highest BCUT2D eigenvalue weighted by molar-refractivity contribution is 5.64. The summed E-state index contributed by atoms with van der Waals surface area (Å²) in [6, 6.07) is 0. The molecule has 0 aromatic carbocycles. The van der Waals surface area contributed by atoms with Crippen molar-refractivity contribution in [3.8, 4) is 0 Å². The van der Waals surface area contributed by atoms with Gasteiger partial charge in [-0.25, -0.2) is 4.79 Å². The quantitative estimate of drug-likeness (QED) is 0.632. The first-order chi connectivity index (χ1) is 6.10. The fourth-order valence-electron chi connectivity index (χ4n) is 1.04. The van der Waals surface area contributed by atoms with Gasteiger partial charge in [0.2, 0.25) is 5.79 Å². The normalized spacial score (nSPS) is 11.3. The van der Waals surface area contributed by atoms with Crippen LogP contribution < -0.4 is 5.73 Å². The van der Waals surface area contributed by atoms with E-state index in [9.17, 15) is 4.79 Å². The van der Waals surface area contributed by atoms with Crippen LogP contribution in [-0.4, -0.2) is 32.7 Å². The highest BCUT2D eigenvalue weighted by Crippen LogP contribution is 2.18. The van der Waals surface area contributed by atoms with Crippen LogP contribution in [0.15, 0.2) is 0 Å². The van der Waals surface area contributed by atoms with E-state index in [2.05, 4.69) is 4.74 Å². The molecule has 0 saturated heterocycles. The molecule has 0 heterocycles. The van der Waals surface area contributed by atoms with Crippen LogP contribution in [0.4, 0.5) is 4.79 Å². The highest BCUT2D eigenvalue weighted by Gasteiger charge is 2.30. The van der Waals surface area contributed by atoms with Gasteiger partial charge in [-0.2, -0.15) is 0 Å². The predicted octanol–water partition coefficient (Wildman–Crippen LogP) is 0.871. The Morgan fingerprint density at radius 2 is 1.92 bits per heavy atom. The Balaban J connectivity index is 4.12. The van der Waals surface area contributed by atoms with Gasteiger partial charge in [-0.05, 0) is 0 Å². The molecule has 0 aromatic rings. The number of hydrogen-bond donors (Lipinski definition) is 1. The second kappa shape index (κ2) is 5.77. The number of rotatable bonds is 6. The van der Waals surface area contributed by atoms with E-state index in [4.69, 9.17) is 15.2 Å². The van der Waals surface area contributed by atoms with Crippen LogP contribution in [0.3, 0.4) is 0 Å². The zero-order valence-electron chi connectivity index (χ0n) is 8.33. The van der Waals surface area contributed by atoms with Crippen molar-refractivity contribution in [1.29, 1.82) is 0 Å². The Labute approximate surface area is 78.1 Å². The van der Waals surface area contributed by atoms with Crippen molar-refractivity contribution in [1.82, 2.24) is 0 Å². The summed E-state index contributed by atoms with van der Waals surface area (Å²) >= 11 is 0. The summed E-state index contributed by atoms with van der Waals surface area (Å²) in [5.74, 6) is -0.857. The van der Waals surface area contributed by atoms with E-state index in [1.165, 1.54) is 14.2 Å². The molecular formula is C8H17NO4. The topological polar surface area (TPSA) is 70.8 Å². The number of methoxy groups -OCH3 is 2. The van der Waals surface area contributed by atoms with Gasteiger partial charge in [0.25, 0.3) is 0 Å². The SMILES string of the molecule is CCCC(COC(N)=O)(OC)OC. The van der Waals surface area contributed by atoms with Gasteiger partial charge in [0.15, 0.2) is 0 Å². The molecule has 0 aliphatic carbocycles. The highest BCUT2D eigenvalue weighted by atomic mass is 16.7. The van der Waals surface area contributed by atoms with Crippen molar-refractivity contribution in [3.05, 3.63) is 0 Å². The molecular weight excluding hydrogens is 174 g/mol. The maximum absolute atomic E-state index is 10.4. The minimum absolute atomic E-state index is 0.0170. The van der Waals surface area contributed by atoms with E-state index in [1.54, 1.807) is 0 Å². The van der Waals surface area contributed by atoms with Gasteiger partial charge in [-0.3, -0.25) is 0 Å². The van der Waals surface area contributed by atoms with Crippen molar-refractivity contribution in [2.75, 3.05) is 20.8 Å². The standard InChI is InChI=1S/C8H17NO4/c1-4-5-8(11-2,12-3)6-13-7(9)10/h4-6H2,1-3H3,(H2,9,10). The average molecular weight is 191 g/mol. The summed E-state index contributed by atoms with van der Waals surface area (Å²) in [6.07, 6.45) is 0.687. The number of nitrogens with two attached hydrogens (primary N) is 1. The van der Waals surface area contributed by atoms with E-state index < -0.39 is 11.9 Å². The minimum atomic E-state index is -0.857. The maximum Gasteiger partial charge on any atom is 0.404 e. The van der Waals surface area contributed by atoms with Crippen molar-refractivity contribution >= 4 is 6.09 Å². The zero-order valence-corrected chi connectivity index (χ0v) is 8.33. The van der Waals surface area contributed by atoms with E-state index >= 15 is 0 Å². The Bertz CT molecular complexity index is 156. The number of ether oxygens (including phenoxy) is 3. The maximum atomic E-state index is 10.4. The molecule has 0 radical (unpaired) electrons. The van der Waals surface area contributed by atoms with Crippen LogP contribution in [0.2, 0.25) is 0 Å². The molecule has 0 aliphatic rings. The molecule has 0 atom stereocenters. The Morgan fingerprint density at radius 3 is 2.23 bits per heavy atom. The molecule has 78 valence electrons. The molecule has 0 fully saturated rings. The first kappa shape index (κ1) is 12.2. The second-order valence-corrected chi connectivity index (χ2v) is 2.68. The molecule has 0 aromatic heterocycles. The van der Waals surface area contributed by atoms with Crippen LogP contribution in [0.5, 0.6) is 0 Å². The number of amides is 1. The van der Waals surface area contributed by atoms with E-state index in [0.29, 0.717) is 6.42 Å². The van der Waals surface area contributed by atoms with Crippen molar-refractivity contribution in [3.63, 3.8) is 0 Å². The first-order valence-electron chi connectivity index (χ1n) is 4.12. The second-order valence-electron chi connectivity index (χ2n) is 2.68. The van der Waals surface area contributed by atoms with Gasteiger partial charge < -0.3 is 19.9 Å². The third-order valence-corrected chi connectivity index (χ3v) is 1.81. The minimum Gasteiger partial charge on any atom is -0.444 e. The number of carbonyl (C=O) groups is 1. The average Bonchev–Trinajstić information content (AvgIpc) is 2.12. The molecule has 0 aliphatic heterocycles. The summed E-state index contributed by atoms with van der Waals surface area (Å²) in [4.78, 5) is 10.4. The summed E-state index contributed by atoms with van der Waals surface area (Å²) in [5.41, 5.74) is 4.83. The Morgan fingerprint density at radius 1 is 1.38 bits per heavy atom. The van der Waals surface area contributed by atoms with Crippen molar-refractivity contribution < 1.29 is 19.0 Å². The van der Waals surface area contributed by atoms with Gasteiger partial charge in [-0.15, -0.1) is 0 Å². The Hall–Kier alpha value is -0.810. The fourth-order valence-corrected chi connectivity index (χ4v) is 1.04. The third-order valence-electron chi connectivity index (χ3n) is 1.81. The molecule has 2 N–H and O–H groups in total. The zero-order chi connectivity index (χ0) is 10.3. The molecule has 0 rings (SSSR count). The first-order valence-corrected chi connectivity index (χ1v) is 4.12. The van der Waals surface area contributed by atoms with Crippen LogP contribution in [0, 0.1) is 0 Å². The predicted molar refractivity (Wildman–Crippen MR) is 47.2 cm³/mol. The third kappa shape index (κ3) is 4.10. The largest absolute Gasteiger partial charge is 0.444 e. The summed E-state index contributed by atoms with van der Waals surface area (Å²) in [6.45, 7) is 2.00. The van der Waals surface area contributed by atoms with Crippen LogP contribution >= 0.6 is 0 Å². The van der Waals surface area contributed by atoms with Crippen molar-refractivity contribution in [2.45, 2.75) is 25.6 Å². The molecule has 1 amide bonds. The summed E-state index contributed by atoms with van der Waals surface area (Å²) in [7, 11) is 3.01. The van der Waals surface area contributed by atoms with Crippen LogP contribution in [-0.2, 0) is 14.2 Å². The van der Waals surface area contributed by atoms with Crippen LogP contribution in [0.25, 0.3) is 0 Å². The molecule has 5 nitrogen and oxygen atoms in total. The smallest absolute Gasteiger partial charge is 0.404 e. The fraction of sp³-hybridized carbons (Fsp3) is 0.875. The van der Waals surface area contributed by atoms with Gasteiger partial charge in [-0.1, -0.05) is 13.3 Å². The van der Waals surface area contributed by atoms with Gasteiger partial charge in [0.05, 0.1) is 0 Å².